The van der Waals surface area contributed by atoms with E-state index in [-0.39, 0.29) is 13.2 Å². The molecule has 90 valence electrons. The molecule has 0 saturated heterocycles. The van der Waals surface area contributed by atoms with Crippen LogP contribution in [0.1, 0.15) is 33.1 Å². The van der Waals surface area contributed by atoms with Crippen LogP contribution in [0, 0.1) is 11.8 Å². The fraction of sp³-hybridized carbons (Fsp3) is 1.00. The Hall–Kier alpha value is -0.120. The molecule has 1 aliphatic carbocycles. The molecule has 3 nitrogen and oxygen atoms in total. The first-order valence-electron chi connectivity index (χ1n) is 6.13. The smallest absolute Gasteiger partial charge is 0.0558 e. The molecule has 2 unspecified atom stereocenters. The van der Waals surface area contributed by atoms with Crippen LogP contribution < -0.4 is 0 Å². The third-order valence-electron chi connectivity index (χ3n) is 3.44. The van der Waals surface area contributed by atoms with Crippen molar-refractivity contribution in [2.45, 2.75) is 39.2 Å². The molecule has 1 rings (SSSR count). The van der Waals surface area contributed by atoms with Gasteiger partial charge in [0.25, 0.3) is 0 Å². The van der Waals surface area contributed by atoms with Gasteiger partial charge in [-0.2, -0.15) is 0 Å². The Balaban J connectivity index is 2.49. The van der Waals surface area contributed by atoms with Crippen LogP contribution in [0.15, 0.2) is 0 Å². The van der Waals surface area contributed by atoms with Crippen LogP contribution in [0.25, 0.3) is 0 Å². The average molecular weight is 215 g/mol. The van der Waals surface area contributed by atoms with Crippen molar-refractivity contribution in [3.63, 3.8) is 0 Å². The maximum Gasteiger partial charge on any atom is 0.0558 e. The molecule has 0 aliphatic heterocycles. The summed E-state index contributed by atoms with van der Waals surface area (Å²) in [6, 6.07) is 0.558. The summed E-state index contributed by atoms with van der Waals surface area (Å²) in [6.45, 7) is 6.39. The largest absolute Gasteiger partial charge is 0.395 e. The fourth-order valence-corrected chi connectivity index (χ4v) is 2.94. The van der Waals surface area contributed by atoms with Crippen molar-refractivity contribution in [2.24, 2.45) is 11.8 Å². The zero-order chi connectivity index (χ0) is 11.3. The van der Waals surface area contributed by atoms with E-state index in [0.717, 1.165) is 11.8 Å². The van der Waals surface area contributed by atoms with Gasteiger partial charge in [0.2, 0.25) is 0 Å². The number of rotatable bonds is 5. The highest BCUT2D eigenvalue weighted by molar-refractivity contribution is 4.81. The normalized spacial score (nSPS) is 32.2. The van der Waals surface area contributed by atoms with Gasteiger partial charge in [0, 0.05) is 19.1 Å². The predicted octanol–water partition coefficient (Wildman–Crippen LogP) is 1.10. The first kappa shape index (κ1) is 12.9. The quantitative estimate of drug-likeness (QED) is 0.722. The van der Waals surface area contributed by atoms with Crippen molar-refractivity contribution < 1.29 is 10.2 Å². The van der Waals surface area contributed by atoms with Crippen molar-refractivity contribution in [1.29, 1.82) is 0 Å². The van der Waals surface area contributed by atoms with Crippen LogP contribution in [-0.2, 0) is 0 Å². The van der Waals surface area contributed by atoms with E-state index in [1.54, 1.807) is 0 Å². The molecule has 0 bridgehead atoms. The highest BCUT2D eigenvalue weighted by Gasteiger charge is 2.27. The maximum atomic E-state index is 9.00. The van der Waals surface area contributed by atoms with E-state index in [9.17, 15) is 0 Å². The van der Waals surface area contributed by atoms with Gasteiger partial charge in [-0.1, -0.05) is 13.8 Å². The molecule has 0 aromatic heterocycles. The summed E-state index contributed by atoms with van der Waals surface area (Å²) in [5, 5.41) is 18.0. The van der Waals surface area contributed by atoms with Gasteiger partial charge in [-0.25, -0.2) is 0 Å². The van der Waals surface area contributed by atoms with Crippen LogP contribution in [0.2, 0.25) is 0 Å². The maximum absolute atomic E-state index is 9.00. The number of aliphatic hydroxyl groups is 2. The summed E-state index contributed by atoms with van der Waals surface area (Å²) >= 11 is 0. The highest BCUT2D eigenvalue weighted by atomic mass is 16.3. The van der Waals surface area contributed by atoms with Gasteiger partial charge < -0.3 is 10.2 Å². The first-order chi connectivity index (χ1) is 7.17. The number of hydrogen-bond donors (Lipinski definition) is 2. The zero-order valence-corrected chi connectivity index (χ0v) is 10.0. The van der Waals surface area contributed by atoms with Crippen LogP contribution in [-0.4, -0.2) is 47.5 Å². The van der Waals surface area contributed by atoms with Gasteiger partial charge in [0.05, 0.1) is 13.2 Å². The lowest BCUT2D eigenvalue weighted by Crippen LogP contribution is -2.43. The van der Waals surface area contributed by atoms with E-state index in [1.165, 1.54) is 19.3 Å². The number of aliphatic hydroxyl groups excluding tert-OH is 2. The summed E-state index contributed by atoms with van der Waals surface area (Å²) < 4.78 is 0. The molecule has 0 radical (unpaired) electrons. The number of nitrogens with zero attached hydrogens (tertiary/aromatic N) is 1. The fourth-order valence-electron chi connectivity index (χ4n) is 2.94. The molecule has 0 aromatic carbocycles. The molecular weight excluding hydrogens is 190 g/mol. The van der Waals surface area contributed by atoms with Gasteiger partial charge in [0.1, 0.15) is 0 Å². The van der Waals surface area contributed by atoms with Crippen LogP contribution in [0.3, 0.4) is 0 Å². The topological polar surface area (TPSA) is 43.7 Å². The lowest BCUT2D eigenvalue weighted by atomic mass is 9.80. The lowest BCUT2D eigenvalue weighted by molar-refractivity contribution is 0.0739. The zero-order valence-electron chi connectivity index (χ0n) is 10.0. The second-order valence-electron chi connectivity index (χ2n) is 5.05. The monoisotopic (exact) mass is 215 g/mol. The average Bonchev–Trinajstić information content (AvgIpc) is 2.16. The Morgan fingerprint density at radius 1 is 0.933 bits per heavy atom. The molecule has 0 heterocycles. The Labute approximate surface area is 93.1 Å². The Kier molecular flexibility index (Phi) is 5.58. The number of hydrogen-bond acceptors (Lipinski definition) is 3. The van der Waals surface area contributed by atoms with E-state index in [2.05, 4.69) is 18.7 Å². The minimum Gasteiger partial charge on any atom is -0.395 e. The molecule has 2 N–H and O–H groups in total. The van der Waals surface area contributed by atoms with E-state index < -0.39 is 0 Å². The summed E-state index contributed by atoms with van der Waals surface area (Å²) in [5.41, 5.74) is 0. The summed E-state index contributed by atoms with van der Waals surface area (Å²) in [6.07, 6.45) is 3.75. The molecule has 3 heteroatoms. The third-order valence-corrected chi connectivity index (χ3v) is 3.44. The van der Waals surface area contributed by atoms with Crippen molar-refractivity contribution in [2.75, 3.05) is 26.3 Å². The first-order valence-corrected chi connectivity index (χ1v) is 6.13. The summed E-state index contributed by atoms with van der Waals surface area (Å²) in [5.74, 6) is 1.55. The van der Waals surface area contributed by atoms with E-state index in [0.29, 0.717) is 19.1 Å². The van der Waals surface area contributed by atoms with Crippen molar-refractivity contribution >= 4 is 0 Å². The molecule has 15 heavy (non-hydrogen) atoms. The van der Waals surface area contributed by atoms with Crippen molar-refractivity contribution in [1.82, 2.24) is 4.90 Å². The second-order valence-corrected chi connectivity index (χ2v) is 5.05. The van der Waals surface area contributed by atoms with Crippen molar-refractivity contribution in [3.8, 4) is 0 Å². The SMILES string of the molecule is CC1CC(C)CC(N(CCO)CCO)C1. The van der Waals surface area contributed by atoms with Gasteiger partial charge >= 0.3 is 0 Å². The van der Waals surface area contributed by atoms with Gasteiger partial charge in [-0.3, -0.25) is 4.90 Å². The molecule has 0 spiro atoms. The minimum absolute atomic E-state index is 0.194. The summed E-state index contributed by atoms with van der Waals surface area (Å²) in [4.78, 5) is 2.24. The van der Waals surface area contributed by atoms with Gasteiger partial charge in [-0.15, -0.1) is 0 Å². The molecule has 2 atom stereocenters. The van der Waals surface area contributed by atoms with Crippen molar-refractivity contribution in [3.05, 3.63) is 0 Å². The molecule has 1 aliphatic rings. The minimum atomic E-state index is 0.194. The highest BCUT2D eigenvalue weighted by Crippen LogP contribution is 2.31. The van der Waals surface area contributed by atoms with E-state index >= 15 is 0 Å². The van der Waals surface area contributed by atoms with Crippen LogP contribution >= 0.6 is 0 Å². The van der Waals surface area contributed by atoms with Gasteiger partial charge in [0.15, 0.2) is 0 Å². The Morgan fingerprint density at radius 2 is 1.40 bits per heavy atom. The third kappa shape index (κ3) is 4.09. The van der Waals surface area contributed by atoms with Crippen LogP contribution in [0.5, 0.6) is 0 Å². The predicted molar refractivity (Wildman–Crippen MR) is 61.7 cm³/mol. The van der Waals surface area contributed by atoms with Crippen LogP contribution in [0.4, 0.5) is 0 Å². The molecule has 1 saturated carbocycles. The van der Waals surface area contributed by atoms with E-state index in [4.69, 9.17) is 10.2 Å². The van der Waals surface area contributed by atoms with Gasteiger partial charge in [-0.05, 0) is 31.1 Å². The molecule has 0 amide bonds. The summed E-state index contributed by atoms with van der Waals surface area (Å²) in [7, 11) is 0. The van der Waals surface area contributed by atoms with E-state index in [1.807, 2.05) is 0 Å². The Bertz CT molecular complexity index is 159. The molecule has 1 fully saturated rings. The molecular formula is C12H25NO2. The Morgan fingerprint density at radius 3 is 1.80 bits per heavy atom. The standard InChI is InChI=1S/C12H25NO2/c1-10-7-11(2)9-12(8-10)13(3-5-14)4-6-15/h10-12,14-15H,3-9H2,1-2H3. The lowest BCUT2D eigenvalue weighted by Gasteiger charge is -2.38. The molecule has 0 aromatic rings. The second kappa shape index (κ2) is 6.46.